The van der Waals surface area contributed by atoms with E-state index in [-0.39, 0.29) is 11.6 Å². The first-order valence-corrected chi connectivity index (χ1v) is 6.67. The average molecular weight is 286 g/mol. The van der Waals surface area contributed by atoms with Gasteiger partial charge in [-0.25, -0.2) is 0 Å². The molecular weight excluding hydrogens is 268 g/mol. The number of nitrogens with one attached hydrogen (secondary N) is 2. The first-order chi connectivity index (χ1) is 10.1. The predicted octanol–water partition coefficient (Wildman–Crippen LogP) is 2.48. The molecule has 0 saturated carbocycles. The molecule has 0 atom stereocenters. The van der Waals surface area contributed by atoms with Crippen molar-refractivity contribution in [3.63, 3.8) is 0 Å². The smallest absolute Gasteiger partial charge is 0.276 e. The lowest BCUT2D eigenvalue weighted by Gasteiger charge is -2.10. The summed E-state index contributed by atoms with van der Waals surface area (Å²) in [6, 6.07) is 8.92. The highest BCUT2D eigenvalue weighted by atomic mass is 16.5. The molecular formula is C15H18N4O2. The summed E-state index contributed by atoms with van der Waals surface area (Å²) >= 11 is 0. The van der Waals surface area contributed by atoms with E-state index in [9.17, 15) is 4.79 Å². The second-order valence-corrected chi connectivity index (χ2v) is 4.49. The third-order valence-electron chi connectivity index (χ3n) is 2.86. The van der Waals surface area contributed by atoms with E-state index in [4.69, 9.17) is 4.74 Å². The summed E-state index contributed by atoms with van der Waals surface area (Å²) in [5.74, 6) is 0.919. The molecule has 1 heterocycles. The van der Waals surface area contributed by atoms with Crippen LogP contribution in [0.3, 0.4) is 0 Å². The summed E-state index contributed by atoms with van der Waals surface area (Å²) in [6.45, 7) is 4.66. The summed E-state index contributed by atoms with van der Waals surface area (Å²) in [5.41, 5.74) is 1.89. The maximum absolute atomic E-state index is 12.2. The molecule has 0 saturated heterocycles. The Morgan fingerprint density at radius 1 is 1.24 bits per heavy atom. The highest BCUT2D eigenvalue weighted by molar-refractivity contribution is 6.03. The highest BCUT2D eigenvalue weighted by Gasteiger charge is 2.11. The number of benzene rings is 1. The van der Waals surface area contributed by atoms with E-state index in [0.29, 0.717) is 17.3 Å². The zero-order chi connectivity index (χ0) is 15.2. The Morgan fingerprint density at radius 3 is 2.67 bits per heavy atom. The first kappa shape index (κ1) is 14.8. The Labute approximate surface area is 123 Å². The number of methoxy groups -OCH3 is 1. The number of hydrogen-bond donors (Lipinski definition) is 2. The molecule has 110 valence electrons. The van der Waals surface area contributed by atoms with Gasteiger partial charge in [-0.2, -0.15) is 0 Å². The minimum absolute atomic E-state index is 0.250. The second kappa shape index (κ2) is 6.69. The lowest BCUT2D eigenvalue weighted by atomic mass is 10.2. The van der Waals surface area contributed by atoms with Crippen LogP contribution in [0.4, 0.5) is 11.5 Å². The van der Waals surface area contributed by atoms with Crippen molar-refractivity contribution < 1.29 is 9.53 Å². The molecule has 6 heteroatoms. The third kappa shape index (κ3) is 3.68. The van der Waals surface area contributed by atoms with Gasteiger partial charge in [0.05, 0.1) is 12.8 Å². The van der Waals surface area contributed by atoms with Gasteiger partial charge in [0.1, 0.15) is 11.6 Å². The van der Waals surface area contributed by atoms with Crippen LogP contribution < -0.4 is 15.4 Å². The molecule has 1 aromatic carbocycles. The lowest BCUT2D eigenvalue weighted by Crippen LogP contribution is -2.15. The number of aromatic nitrogens is 2. The first-order valence-electron chi connectivity index (χ1n) is 6.67. The molecule has 0 unspecified atom stereocenters. The van der Waals surface area contributed by atoms with Crippen molar-refractivity contribution in [2.45, 2.75) is 13.8 Å². The molecule has 0 aliphatic heterocycles. The molecule has 0 spiro atoms. The molecule has 1 amide bonds. The number of ether oxygens (including phenoxy) is 1. The molecule has 0 radical (unpaired) electrons. The zero-order valence-corrected chi connectivity index (χ0v) is 12.3. The van der Waals surface area contributed by atoms with Gasteiger partial charge < -0.3 is 15.4 Å². The fourth-order valence-corrected chi connectivity index (χ4v) is 1.83. The van der Waals surface area contributed by atoms with E-state index >= 15 is 0 Å². The van der Waals surface area contributed by atoms with Gasteiger partial charge in [-0.3, -0.25) is 4.79 Å². The fourth-order valence-electron chi connectivity index (χ4n) is 1.83. The largest absolute Gasteiger partial charge is 0.495 e. The van der Waals surface area contributed by atoms with Crippen molar-refractivity contribution in [3.05, 3.63) is 41.6 Å². The van der Waals surface area contributed by atoms with E-state index in [2.05, 4.69) is 20.8 Å². The van der Waals surface area contributed by atoms with Crippen LogP contribution in [-0.4, -0.2) is 29.8 Å². The van der Waals surface area contributed by atoms with Gasteiger partial charge in [-0.15, -0.1) is 10.2 Å². The Balaban J connectivity index is 2.15. The standard InChI is InChI=1S/C15H18N4O2/c1-4-16-14-8-6-11(18-19-14)15(20)17-12-9-10(2)5-7-13(12)21-3/h5-9H,4H2,1-3H3,(H,16,19)(H,17,20). The highest BCUT2D eigenvalue weighted by Crippen LogP contribution is 2.25. The fraction of sp³-hybridized carbons (Fsp3) is 0.267. The number of carbonyl (C=O) groups is 1. The minimum Gasteiger partial charge on any atom is -0.495 e. The van der Waals surface area contributed by atoms with Gasteiger partial charge in [-0.1, -0.05) is 6.07 Å². The van der Waals surface area contributed by atoms with Crippen molar-refractivity contribution in [2.75, 3.05) is 24.3 Å². The van der Waals surface area contributed by atoms with Crippen molar-refractivity contribution in [3.8, 4) is 5.75 Å². The summed E-state index contributed by atoms with van der Waals surface area (Å²) < 4.78 is 5.23. The SMILES string of the molecule is CCNc1ccc(C(=O)Nc2cc(C)ccc2OC)nn1. The molecule has 1 aromatic heterocycles. The molecule has 0 aliphatic rings. The number of aryl methyl sites for hydroxylation is 1. The minimum atomic E-state index is -0.325. The summed E-state index contributed by atoms with van der Waals surface area (Å²) in [6.07, 6.45) is 0. The Hall–Kier alpha value is -2.63. The molecule has 0 aliphatic carbocycles. The van der Waals surface area contributed by atoms with Crippen molar-refractivity contribution in [2.24, 2.45) is 0 Å². The number of anilines is 2. The van der Waals surface area contributed by atoms with E-state index < -0.39 is 0 Å². The van der Waals surface area contributed by atoms with E-state index in [1.165, 1.54) is 0 Å². The van der Waals surface area contributed by atoms with Gasteiger partial charge in [0.25, 0.3) is 5.91 Å². The van der Waals surface area contributed by atoms with Crippen molar-refractivity contribution in [1.29, 1.82) is 0 Å². The molecule has 0 bridgehead atoms. The maximum Gasteiger partial charge on any atom is 0.276 e. The number of hydrogen-bond acceptors (Lipinski definition) is 5. The third-order valence-corrected chi connectivity index (χ3v) is 2.86. The van der Waals surface area contributed by atoms with Gasteiger partial charge >= 0.3 is 0 Å². The quantitative estimate of drug-likeness (QED) is 0.883. The van der Waals surface area contributed by atoms with Crippen LogP contribution in [0, 0.1) is 6.92 Å². The molecule has 2 N–H and O–H groups in total. The number of amides is 1. The Bertz CT molecular complexity index is 626. The Kier molecular flexibility index (Phi) is 4.71. The summed E-state index contributed by atoms with van der Waals surface area (Å²) in [5, 5.41) is 13.7. The van der Waals surface area contributed by atoms with E-state index in [0.717, 1.165) is 12.1 Å². The number of nitrogens with zero attached hydrogens (tertiary/aromatic N) is 2. The van der Waals surface area contributed by atoms with Gasteiger partial charge in [0.15, 0.2) is 5.69 Å². The lowest BCUT2D eigenvalue weighted by molar-refractivity contribution is 0.102. The van der Waals surface area contributed by atoms with Crippen LogP contribution in [0.2, 0.25) is 0 Å². The molecule has 21 heavy (non-hydrogen) atoms. The molecule has 2 aromatic rings. The van der Waals surface area contributed by atoms with Gasteiger partial charge in [0.2, 0.25) is 0 Å². The van der Waals surface area contributed by atoms with Crippen LogP contribution >= 0.6 is 0 Å². The monoisotopic (exact) mass is 286 g/mol. The van der Waals surface area contributed by atoms with Gasteiger partial charge in [-0.05, 0) is 43.7 Å². The predicted molar refractivity (Wildman–Crippen MR) is 81.9 cm³/mol. The topological polar surface area (TPSA) is 76.1 Å². The molecule has 6 nitrogen and oxygen atoms in total. The summed E-state index contributed by atoms with van der Waals surface area (Å²) in [4.78, 5) is 12.2. The van der Waals surface area contributed by atoms with Crippen molar-refractivity contribution in [1.82, 2.24) is 10.2 Å². The summed E-state index contributed by atoms with van der Waals surface area (Å²) in [7, 11) is 1.56. The van der Waals surface area contributed by atoms with Crippen LogP contribution in [-0.2, 0) is 0 Å². The molecule has 2 rings (SSSR count). The normalized spacial score (nSPS) is 10.0. The number of carbonyl (C=O) groups excluding carboxylic acids is 1. The van der Waals surface area contributed by atoms with Gasteiger partial charge in [0, 0.05) is 6.54 Å². The average Bonchev–Trinajstić information content (AvgIpc) is 2.48. The van der Waals surface area contributed by atoms with E-state index in [1.807, 2.05) is 32.0 Å². The van der Waals surface area contributed by atoms with E-state index in [1.54, 1.807) is 19.2 Å². The maximum atomic E-state index is 12.2. The zero-order valence-electron chi connectivity index (χ0n) is 12.3. The Morgan fingerprint density at radius 2 is 2.05 bits per heavy atom. The van der Waals surface area contributed by atoms with Crippen LogP contribution in [0.15, 0.2) is 30.3 Å². The van der Waals surface area contributed by atoms with Crippen LogP contribution in [0.25, 0.3) is 0 Å². The van der Waals surface area contributed by atoms with Crippen LogP contribution in [0.5, 0.6) is 5.75 Å². The number of rotatable bonds is 5. The molecule has 0 fully saturated rings. The second-order valence-electron chi connectivity index (χ2n) is 4.49. The van der Waals surface area contributed by atoms with Crippen molar-refractivity contribution >= 4 is 17.4 Å². The van der Waals surface area contributed by atoms with Crippen LogP contribution in [0.1, 0.15) is 23.0 Å².